The van der Waals surface area contributed by atoms with Crippen molar-refractivity contribution in [2.24, 2.45) is 4.40 Å². The van der Waals surface area contributed by atoms with Gasteiger partial charge in [0.15, 0.2) is 0 Å². The van der Waals surface area contributed by atoms with Gasteiger partial charge in [0.1, 0.15) is 16.5 Å². The third kappa shape index (κ3) is 5.10. The molecule has 0 aliphatic carbocycles. The quantitative estimate of drug-likeness (QED) is 0.327. The summed E-state index contributed by atoms with van der Waals surface area (Å²) in [5, 5.41) is 10.6. The standard InChI is InChI=1S/C28H29N7O3S/c1-17-4-7-22-26(10-17)39(36,37)34-27(31-22)15-29-21-6-5-19-14-30-28(32-23(19)13-21)33-24-11-20-16-35(2)9-8-18(20)12-25(24)38-3/h4-7,10-14,29H,8-9,15-16H2,1-3H3,(H,31,34)(H,30,32,33). The van der Waals surface area contributed by atoms with Crippen molar-refractivity contribution < 1.29 is 13.2 Å². The van der Waals surface area contributed by atoms with Crippen LogP contribution in [-0.2, 0) is 23.0 Å². The Kier molecular flexibility index (Phi) is 6.32. The summed E-state index contributed by atoms with van der Waals surface area (Å²) in [5.41, 5.74) is 6.28. The van der Waals surface area contributed by atoms with E-state index in [2.05, 4.69) is 49.4 Å². The van der Waals surface area contributed by atoms with Crippen LogP contribution in [0.2, 0.25) is 0 Å². The Balaban J connectivity index is 1.21. The molecule has 0 saturated carbocycles. The summed E-state index contributed by atoms with van der Waals surface area (Å²) in [7, 11) is 0.0238. The summed E-state index contributed by atoms with van der Waals surface area (Å²) in [4.78, 5) is 11.7. The summed E-state index contributed by atoms with van der Waals surface area (Å²) in [5.74, 6) is 1.53. The largest absolute Gasteiger partial charge is 0.495 e. The highest BCUT2D eigenvalue weighted by atomic mass is 32.2. The van der Waals surface area contributed by atoms with Crippen LogP contribution in [0, 0.1) is 6.92 Å². The molecule has 3 aromatic carbocycles. The molecule has 3 N–H and O–H groups in total. The van der Waals surface area contributed by atoms with Gasteiger partial charge in [-0.3, -0.25) is 0 Å². The normalized spacial score (nSPS) is 16.0. The number of benzene rings is 3. The van der Waals surface area contributed by atoms with Crippen LogP contribution >= 0.6 is 0 Å². The van der Waals surface area contributed by atoms with Crippen molar-refractivity contribution in [2.45, 2.75) is 24.8 Å². The number of aryl methyl sites for hydroxylation is 1. The first kappa shape index (κ1) is 25.1. The maximum absolute atomic E-state index is 12.7. The van der Waals surface area contributed by atoms with Crippen LogP contribution in [0.5, 0.6) is 5.75 Å². The first-order chi connectivity index (χ1) is 18.8. The molecule has 4 aromatic rings. The molecule has 0 amide bonds. The molecule has 3 heterocycles. The van der Waals surface area contributed by atoms with E-state index in [-0.39, 0.29) is 11.4 Å². The van der Waals surface area contributed by atoms with E-state index in [9.17, 15) is 8.42 Å². The molecule has 0 saturated heterocycles. The van der Waals surface area contributed by atoms with Crippen molar-refractivity contribution >= 4 is 49.8 Å². The predicted molar refractivity (Wildman–Crippen MR) is 154 cm³/mol. The SMILES string of the molecule is COc1cc2c(cc1Nc1ncc3ccc(NCC4=NS(=O)(=O)c5cc(C)ccc5N4)cc3n1)CN(C)CC2. The van der Waals surface area contributed by atoms with E-state index in [1.807, 2.05) is 31.2 Å². The molecule has 0 radical (unpaired) electrons. The fraction of sp³-hybridized carbons (Fsp3) is 0.250. The number of rotatable bonds is 6. The number of hydrogen-bond acceptors (Lipinski definition) is 9. The number of fused-ring (bicyclic) bond motifs is 3. The Labute approximate surface area is 227 Å². The number of likely N-dealkylation sites (N-methyl/N-ethyl adjacent to an activating group) is 1. The number of aromatic nitrogens is 2. The number of anilines is 4. The summed E-state index contributed by atoms with van der Waals surface area (Å²) in [6.45, 7) is 3.96. The zero-order valence-corrected chi connectivity index (χ0v) is 22.8. The molecule has 0 bridgehead atoms. The monoisotopic (exact) mass is 543 g/mol. The minimum Gasteiger partial charge on any atom is -0.495 e. The van der Waals surface area contributed by atoms with Gasteiger partial charge in [-0.1, -0.05) is 6.07 Å². The van der Waals surface area contributed by atoms with Crippen molar-refractivity contribution in [1.29, 1.82) is 0 Å². The lowest BCUT2D eigenvalue weighted by atomic mass is 9.99. The zero-order chi connectivity index (χ0) is 27.1. The minimum absolute atomic E-state index is 0.191. The van der Waals surface area contributed by atoms with Gasteiger partial charge < -0.3 is 25.6 Å². The molecule has 0 unspecified atom stereocenters. The van der Waals surface area contributed by atoms with Crippen LogP contribution < -0.4 is 20.7 Å². The van der Waals surface area contributed by atoms with Crippen molar-refractivity contribution in [3.05, 3.63) is 71.4 Å². The summed E-state index contributed by atoms with van der Waals surface area (Å²) in [6.07, 6.45) is 2.76. The number of methoxy groups -OCH3 is 1. The minimum atomic E-state index is -3.76. The highest BCUT2D eigenvalue weighted by molar-refractivity contribution is 7.90. The molecular formula is C28H29N7O3S. The third-order valence-corrected chi connectivity index (χ3v) is 8.29. The molecular weight excluding hydrogens is 514 g/mol. The first-order valence-corrected chi connectivity index (χ1v) is 14.1. The van der Waals surface area contributed by atoms with E-state index >= 15 is 0 Å². The van der Waals surface area contributed by atoms with Gasteiger partial charge in [-0.05, 0) is 79.5 Å². The second-order valence-corrected chi connectivity index (χ2v) is 11.5. The molecule has 0 spiro atoms. The van der Waals surface area contributed by atoms with Gasteiger partial charge >= 0.3 is 0 Å². The topological polar surface area (TPSA) is 121 Å². The number of sulfonamides is 1. The number of nitrogens with zero attached hydrogens (tertiary/aromatic N) is 4. The number of nitrogens with one attached hydrogen (secondary N) is 3. The average molecular weight is 544 g/mol. The molecule has 0 fully saturated rings. The van der Waals surface area contributed by atoms with Crippen LogP contribution in [-0.4, -0.2) is 56.4 Å². The van der Waals surface area contributed by atoms with Crippen LogP contribution in [0.4, 0.5) is 23.0 Å². The molecule has 2 aliphatic rings. The Hall–Kier alpha value is -4.22. The smallest absolute Gasteiger partial charge is 0.286 e. The third-order valence-electron chi connectivity index (χ3n) is 6.94. The van der Waals surface area contributed by atoms with Gasteiger partial charge in [-0.15, -0.1) is 4.40 Å². The molecule has 0 atom stereocenters. The Morgan fingerprint density at radius 1 is 1.10 bits per heavy atom. The zero-order valence-electron chi connectivity index (χ0n) is 21.9. The molecule has 6 rings (SSSR count). The number of amidine groups is 1. The maximum atomic E-state index is 12.7. The highest BCUT2D eigenvalue weighted by Gasteiger charge is 2.24. The molecule has 200 valence electrons. The first-order valence-electron chi connectivity index (χ1n) is 12.6. The van der Waals surface area contributed by atoms with E-state index in [0.29, 0.717) is 17.5 Å². The molecule has 1 aromatic heterocycles. The summed E-state index contributed by atoms with van der Waals surface area (Å²) < 4.78 is 34.9. The van der Waals surface area contributed by atoms with E-state index in [4.69, 9.17) is 9.72 Å². The molecule has 10 nitrogen and oxygen atoms in total. The van der Waals surface area contributed by atoms with Crippen LogP contribution in [0.25, 0.3) is 10.9 Å². The van der Waals surface area contributed by atoms with Gasteiger partial charge in [0.05, 0.1) is 30.5 Å². The Morgan fingerprint density at radius 2 is 1.97 bits per heavy atom. The second-order valence-electron chi connectivity index (χ2n) is 9.89. The molecule has 11 heteroatoms. The van der Waals surface area contributed by atoms with Gasteiger partial charge in [-0.2, -0.15) is 8.42 Å². The molecule has 2 aliphatic heterocycles. The van der Waals surface area contributed by atoms with E-state index in [1.54, 1.807) is 25.4 Å². The van der Waals surface area contributed by atoms with Crippen molar-refractivity contribution in [3.8, 4) is 5.75 Å². The van der Waals surface area contributed by atoms with Crippen LogP contribution in [0.15, 0.2) is 64.0 Å². The summed E-state index contributed by atoms with van der Waals surface area (Å²) >= 11 is 0. The van der Waals surface area contributed by atoms with Crippen LogP contribution in [0.3, 0.4) is 0 Å². The van der Waals surface area contributed by atoms with E-state index < -0.39 is 10.0 Å². The second kappa shape index (κ2) is 9.83. The van der Waals surface area contributed by atoms with Gasteiger partial charge in [-0.25, -0.2) is 9.97 Å². The van der Waals surface area contributed by atoms with E-state index in [0.717, 1.165) is 53.1 Å². The lowest BCUT2D eigenvalue weighted by Gasteiger charge is -2.26. The van der Waals surface area contributed by atoms with Crippen LogP contribution in [0.1, 0.15) is 16.7 Å². The van der Waals surface area contributed by atoms with Gasteiger partial charge in [0, 0.05) is 30.4 Å². The van der Waals surface area contributed by atoms with Gasteiger partial charge in [0.25, 0.3) is 10.0 Å². The fourth-order valence-electron chi connectivity index (χ4n) is 4.89. The maximum Gasteiger partial charge on any atom is 0.286 e. The lowest BCUT2D eigenvalue weighted by Crippen LogP contribution is -2.28. The van der Waals surface area contributed by atoms with Crippen molar-refractivity contribution in [2.75, 3.05) is 43.2 Å². The van der Waals surface area contributed by atoms with E-state index in [1.165, 1.54) is 11.1 Å². The fourth-order valence-corrected chi connectivity index (χ4v) is 6.12. The highest BCUT2D eigenvalue weighted by Crippen LogP contribution is 2.33. The predicted octanol–water partition coefficient (Wildman–Crippen LogP) is 4.30. The Morgan fingerprint density at radius 3 is 2.82 bits per heavy atom. The van der Waals surface area contributed by atoms with Crippen molar-refractivity contribution in [3.63, 3.8) is 0 Å². The summed E-state index contributed by atoms with van der Waals surface area (Å²) in [6, 6.07) is 15.2. The number of ether oxygens (including phenoxy) is 1. The van der Waals surface area contributed by atoms with Crippen molar-refractivity contribution in [1.82, 2.24) is 14.9 Å². The average Bonchev–Trinajstić information content (AvgIpc) is 2.91. The molecule has 39 heavy (non-hydrogen) atoms. The lowest BCUT2D eigenvalue weighted by molar-refractivity contribution is 0.312. The number of hydrogen-bond donors (Lipinski definition) is 3. The Bertz CT molecular complexity index is 1740. The van der Waals surface area contributed by atoms with Gasteiger partial charge in [0.2, 0.25) is 5.95 Å².